The summed E-state index contributed by atoms with van der Waals surface area (Å²) < 4.78 is 39.4. The van der Waals surface area contributed by atoms with Crippen molar-refractivity contribution in [2.24, 2.45) is 0 Å². The van der Waals surface area contributed by atoms with E-state index in [9.17, 15) is 13.2 Å². The van der Waals surface area contributed by atoms with Gasteiger partial charge in [-0.2, -0.15) is 13.2 Å². The second-order valence-electron chi connectivity index (χ2n) is 5.95. The maximum Gasteiger partial charge on any atom is 0.417 e. The molecule has 0 saturated carbocycles. The number of hydrogen-bond donors (Lipinski definition) is 1. The monoisotopic (exact) mass is 357 g/mol. The van der Waals surface area contributed by atoms with Crippen LogP contribution in [0.4, 0.5) is 24.7 Å². The van der Waals surface area contributed by atoms with E-state index in [1.165, 1.54) is 0 Å². The molecule has 0 aliphatic heterocycles. The van der Waals surface area contributed by atoms with Crippen LogP contribution in [-0.2, 0) is 19.3 Å². The lowest BCUT2D eigenvalue weighted by Crippen LogP contribution is -2.24. The van der Waals surface area contributed by atoms with E-state index in [2.05, 4.69) is 4.98 Å². The largest absolute Gasteiger partial charge is 0.417 e. The van der Waals surface area contributed by atoms with Gasteiger partial charge in [0.25, 0.3) is 0 Å². The molecule has 134 valence electrons. The SMILES string of the molecule is Nc1ncc(C(F)(F)F)cc1N(Cc1ccccc1)Cc1ccccc1. The Balaban J connectivity index is 1.99. The van der Waals surface area contributed by atoms with E-state index in [0.29, 0.717) is 13.1 Å². The van der Waals surface area contributed by atoms with E-state index >= 15 is 0 Å². The van der Waals surface area contributed by atoms with E-state index in [-0.39, 0.29) is 11.5 Å². The van der Waals surface area contributed by atoms with Crippen molar-refractivity contribution in [1.29, 1.82) is 0 Å². The third kappa shape index (κ3) is 4.33. The molecule has 0 spiro atoms. The lowest BCUT2D eigenvalue weighted by atomic mass is 10.1. The number of hydrogen-bond acceptors (Lipinski definition) is 3. The Bertz CT molecular complexity index is 808. The fourth-order valence-electron chi connectivity index (χ4n) is 2.71. The predicted molar refractivity (Wildman–Crippen MR) is 96.4 cm³/mol. The minimum absolute atomic E-state index is 0.0739. The Hall–Kier alpha value is -3.02. The maximum atomic E-state index is 13.1. The van der Waals surface area contributed by atoms with Gasteiger partial charge in [0, 0.05) is 19.3 Å². The molecule has 6 heteroatoms. The molecule has 0 fully saturated rings. The number of aromatic nitrogens is 1. The summed E-state index contributed by atoms with van der Waals surface area (Å²) in [7, 11) is 0. The van der Waals surface area contributed by atoms with Crippen LogP contribution < -0.4 is 10.6 Å². The molecule has 1 heterocycles. The van der Waals surface area contributed by atoms with E-state index < -0.39 is 11.7 Å². The Labute approximate surface area is 149 Å². The predicted octanol–water partition coefficient (Wildman–Crippen LogP) is 4.89. The molecule has 2 aromatic carbocycles. The highest BCUT2D eigenvalue weighted by atomic mass is 19.4. The molecule has 3 nitrogen and oxygen atoms in total. The summed E-state index contributed by atoms with van der Waals surface area (Å²) >= 11 is 0. The van der Waals surface area contributed by atoms with E-state index in [0.717, 1.165) is 23.4 Å². The Morgan fingerprint density at radius 1 is 0.846 bits per heavy atom. The minimum atomic E-state index is -4.47. The van der Waals surface area contributed by atoms with Crippen molar-refractivity contribution in [3.8, 4) is 0 Å². The summed E-state index contributed by atoms with van der Waals surface area (Å²) in [6.45, 7) is 0.839. The number of benzene rings is 2. The number of halogens is 3. The summed E-state index contributed by atoms with van der Waals surface area (Å²) in [4.78, 5) is 5.57. The molecule has 0 unspecified atom stereocenters. The molecule has 0 amide bonds. The summed E-state index contributed by atoms with van der Waals surface area (Å²) in [6, 6.07) is 20.1. The van der Waals surface area contributed by atoms with Gasteiger partial charge in [0.05, 0.1) is 11.3 Å². The van der Waals surface area contributed by atoms with Crippen LogP contribution in [0.5, 0.6) is 0 Å². The van der Waals surface area contributed by atoms with Gasteiger partial charge in [0.15, 0.2) is 0 Å². The number of pyridine rings is 1. The standard InChI is InChI=1S/C20H18F3N3/c21-20(22,23)17-11-18(19(24)25-12-17)26(13-15-7-3-1-4-8-15)14-16-9-5-2-6-10-16/h1-12H,13-14H2,(H2,24,25). The van der Waals surface area contributed by atoms with E-state index in [1.807, 2.05) is 65.6 Å². The number of nitrogens with zero attached hydrogens (tertiary/aromatic N) is 2. The van der Waals surface area contributed by atoms with Gasteiger partial charge < -0.3 is 10.6 Å². The summed E-state index contributed by atoms with van der Waals surface area (Å²) in [5.74, 6) is 0.0739. The third-order valence-corrected chi connectivity index (χ3v) is 4.00. The first-order chi connectivity index (χ1) is 12.4. The van der Waals surface area contributed by atoms with Crippen molar-refractivity contribution in [3.63, 3.8) is 0 Å². The van der Waals surface area contributed by atoms with Gasteiger partial charge in [-0.25, -0.2) is 4.98 Å². The number of anilines is 2. The van der Waals surface area contributed by atoms with Crippen molar-refractivity contribution in [1.82, 2.24) is 4.98 Å². The van der Waals surface area contributed by atoms with Gasteiger partial charge in [0.2, 0.25) is 0 Å². The van der Waals surface area contributed by atoms with Crippen LogP contribution in [0.3, 0.4) is 0 Å². The molecule has 0 bridgehead atoms. The lowest BCUT2D eigenvalue weighted by molar-refractivity contribution is -0.137. The quantitative estimate of drug-likeness (QED) is 0.707. The molecule has 1 aromatic heterocycles. The van der Waals surface area contributed by atoms with Gasteiger partial charge in [-0.3, -0.25) is 0 Å². The molecule has 0 radical (unpaired) electrons. The highest BCUT2D eigenvalue weighted by Gasteiger charge is 2.32. The van der Waals surface area contributed by atoms with Crippen LogP contribution in [0.25, 0.3) is 0 Å². The molecule has 26 heavy (non-hydrogen) atoms. The topological polar surface area (TPSA) is 42.1 Å². The van der Waals surface area contributed by atoms with Crippen LogP contribution in [0.1, 0.15) is 16.7 Å². The molecule has 0 atom stereocenters. The fraction of sp³-hybridized carbons (Fsp3) is 0.150. The van der Waals surface area contributed by atoms with Gasteiger partial charge >= 0.3 is 6.18 Å². The Kier molecular flexibility index (Phi) is 5.11. The maximum absolute atomic E-state index is 13.1. The van der Waals surface area contributed by atoms with Crippen LogP contribution in [-0.4, -0.2) is 4.98 Å². The second-order valence-corrected chi connectivity index (χ2v) is 5.95. The molecule has 0 aliphatic rings. The van der Waals surface area contributed by atoms with Crippen molar-refractivity contribution >= 4 is 11.5 Å². The number of nitrogens with two attached hydrogens (primary N) is 1. The number of alkyl halides is 3. The molecule has 3 rings (SSSR count). The average Bonchev–Trinajstić information content (AvgIpc) is 2.62. The van der Waals surface area contributed by atoms with E-state index in [1.54, 1.807) is 0 Å². The van der Waals surface area contributed by atoms with Gasteiger partial charge in [-0.05, 0) is 17.2 Å². The third-order valence-electron chi connectivity index (χ3n) is 4.00. The zero-order valence-corrected chi connectivity index (χ0v) is 13.9. The molecular weight excluding hydrogens is 339 g/mol. The molecule has 0 aliphatic carbocycles. The van der Waals surface area contributed by atoms with Crippen LogP contribution >= 0.6 is 0 Å². The Morgan fingerprint density at radius 3 is 1.81 bits per heavy atom. The zero-order chi connectivity index (χ0) is 18.6. The normalized spacial score (nSPS) is 11.3. The first kappa shape index (κ1) is 17.8. The molecular formula is C20H18F3N3. The van der Waals surface area contributed by atoms with Crippen LogP contribution in [0.15, 0.2) is 72.9 Å². The Morgan fingerprint density at radius 2 is 1.35 bits per heavy atom. The average molecular weight is 357 g/mol. The second kappa shape index (κ2) is 7.47. The van der Waals surface area contributed by atoms with Crippen molar-refractivity contribution in [2.45, 2.75) is 19.3 Å². The first-order valence-corrected chi connectivity index (χ1v) is 8.09. The smallest absolute Gasteiger partial charge is 0.382 e. The summed E-state index contributed by atoms with van der Waals surface area (Å²) in [5, 5.41) is 0. The zero-order valence-electron chi connectivity index (χ0n) is 13.9. The highest BCUT2D eigenvalue weighted by molar-refractivity contribution is 5.64. The van der Waals surface area contributed by atoms with Gasteiger partial charge in [-0.1, -0.05) is 60.7 Å². The summed E-state index contributed by atoms with van der Waals surface area (Å²) in [6.07, 6.45) is -3.71. The van der Waals surface area contributed by atoms with Crippen molar-refractivity contribution < 1.29 is 13.2 Å². The number of nitrogen functional groups attached to an aromatic ring is 1. The van der Waals surface area contributed by atoms with Crippen LogP contribution in [0, 0.1) is 0 Å². The highest BCUT2D eigenvalue weighted by Crippen LogP contribution is 2.34. The van der Waals surface area contributed by atoms with Gasteiger partial charge in [0.1, 0.15) is 5.82 Å². The minimum Gasteiger partial charge on any atom is -0.382 e. The molecule has 2 N–H and O–H groups in total. The first-order valence-electron chi connectivity index (χ1n) is 8.09. The van der Waals surface area contributed by atoms with Crippen LogP contribution in [0.2, 0.25) is 0 Å². The number of rotatable bonds is 5. The fourth-order valence-corrected chi connectivity index (χ4v) is 2.71. The van der Waals surface area contributed by atoms with Gasteiger partial charge in [-0.15, -0.1) is 0 Å². The van der Waals surface area contributed by atoms with E-state index in [4.69, 9.17) is 5.73 Å². The lowest BCUT2D eigenvalue weighted by Gasteiger charge is -2.27. The summed E-state index contributed by atoms with van der Waals surface area (Å²) in [5.41, 5.74) is 7.32. The molecule has 0 saturated heterocycles. The van der Waals surface area contributed by atoms with Crippen molar-refractivity contribution in [3.05, 3.63) is 89.6 Å². The van der Waals surface area contributed by atoms with Crippen molar-refractivity contribution in [2.75, 3.05) is 10.6 Å². The molecule has 3 aromatic rings.